The molecule has 1 aromatic heterocycles. The highest BCUT2D eigenvalue weighted by atomic mass is 32.1. The molecule has 1 heterocycles. The predicted octanol–water partition coefficient (Wildman–Crippen LogP) is 2.34. The van der Waals surface area contributed by atoms with Gasteiger partial charge in [0, 0.05) is 24.3 Å². The molecule has 1 amide bonds. The van der Waals surface area contributed by atoms with Crippen LogP contribution in [0.25, 0.3) is 0 Å². The van der Waals surface area contributed by atoms with Crippen molar-refractivity contribution in [2.75, 3.05) is 6.54 Å². The number of carbonyl (C=O) groups is 1. The molecule has 4 nitrogen and oxygen atoms in total. The molecule has 0 radical (unpaired) electrons. The lowest BCUT2D eigenvalue weighted by Crippen LogP contribution is -2.43. The molecular weight excluding hydrogens is 270 g/mol. The molecule has 110 valence electrons. The van der Waals surface area contributed by atoms with E-state index in [1.54, 1.807) is 11.3 Å². The summed E-state index contributed by atoms with van der Waals surface area (Å²) in [7, 11) is 0. The largest absolute Gasteiger partial charge is 0.354 e. The second kappa shape index (κ2) is 5.82. The van der Waals surface area contributed by atoms with Crippen LogP contribution in [-0.2, 0) is 11.2 Å². The number of amides is 1. The summed E-state index contributed by atoms with van der Waals surface area (Å²) in [4.78, 5) is 16.5. The van der Waals surface area contributed by atoms with Crippen LogP contribution in [0.3, 0.4) is 0 Å². The summed E-state index contributed by atoms with van der Waals surface area (Å²) < 4.78 is 0. The lowest BCUT2D eigenvalue weighted by Gasteiger charge is -2.19. The van der Waals surface area contributed by atoms with Gasteiger partial charge < -0.3 is 11.1 Å². The lowest BCUT2D eigenvalue weighted by atomic mass is 9.87. The van der Waals surface area contributed by atoms with Crippen molar-refractivity contribution in [1.82, 2.24) is 10.3 Å². The zero-order valence-corrected chi connectivity index (χ0v) is 12.7. The third-order valence-electron chi connectivity index (χ3n) is 4.46. The molecule has 5 heteroatoms. The second-order valence-corrected chi connectivity index (χ2v) is 7.11. The first-order chi connectivity index (χ1) is 9.67. The monoisotopic (exact) mass is 293 g/mol. The molecule has 0 spiro atoms. The summed E-state index contributed by atoms with van der Waals surface area (Å²) in [5, 5.41) is 6.26. The fourth-order valence-electron chi connectivity index (χ4n) is 2.85. The Morgan fingerprint density at radius 3 is 2.85 bits per heavy atom. The molecule has 3 N–H and O–H groups in total. The number of thiazole rings is 1. The van der Waals surface area contributed by atoms with E-state index < -0.39 is 5.54 Å². The van der Waals surface area contributed by atoms with Gasteiger partial charge in [0.15, 0.2) is 0 Å². The van der Waals surface area contributed by atoms with Crippen LogP contribution in [0.1, 0.15) is 61.6 Å². The fourth-order valence-corrected chi connectivity index (χ4v) is 3.73. The van der Waals surface area contributed by atoms with E-state index >= 15 is 0 Å². The van der Waals surface area contributed by atoms with Gasteiger partial charge in [0.1, 0.15) is 0 Å². The van der Waals surface area contributed by atoms with Crippen LogP contribution in [-0.4, -0.2) is 23.0 Å². The molecule has 0 unspecified atom stereocenters. The highest BCUT2D eigenvalue weighted by molar-refractivity contribution is 7.09. The molecule has 3 rings (SSSR count). The molecule has 2 aliphatic carbocycles. The summed E-state index contributed by atoms with van der Waals surface area (Å²) in [6, 6.07) is 0. The summed E-state index contributed by atoms with van der Waals surface area (Å²) >= 11 is 1.72. The van der Waals surface area contributed by atoms with Gasteiger partial charge in [-0.15, -0.1) is 11.3 Å². The first-order valence-electron chi connectivity index (χ1n) is 7.69. The predicted molar refractivity (Wildman–Crippen MR) is 80.8 cm³/mol. The van der Waals surface area contributed by atoms with Crippen molar-refractivity contribution in [2.24, 2.45) is 5.73 Å². The van der Waals surface area contributed by atoms with E-state index in [-0.39, 0.29) is 5.91 Å². The van der Waals surface area contributed by atoms with Crippen LogP contribution < -0.4 is 11.1 Å². The third kappa shape index (κ3) is 3.20. The lowest BCUT2D eigenvalue weighted by molar-refractivity contribution is -0.123. The number of nitrogens with two attached hydrogens (primary N) is 1. The Bertz CT molecular complexity index is 475. The van der Waals surface area contributed by atoms with Crippen molar-refractivity contribution in [2.45, 2.75) is 62.8 Å². The Labute approximate surface area is 124 Å². The average molecular weight is 293 g/mol. The van der Waals surface area contributed by atoms with Crippen molar-refractivity contribution >= 4 is 17.2 Å². The van der Waals surface area contributed by atoms with E-state index in [4.69, 9.17) is 10.7 Å². The summed E-state index contributed by atoms with van der Waals surface area (Å²) in [5.74, 6) is 0.670. The van der Waals surface area contributed by atoms with Gasteiger partial charge in [0.2, 0.25) is 5.91 Å². The molecule has 0 bridgehead atoms. The number of nitrogens with zero attached hydrogens (tertiary/aromatic N) is 1. The van der Waals surface area contributed by atoms with Gasteiger partial charge in [-0.1, -0.05) is 19.3 Å². The number of nitrogens with one attached hydrogen (secondary N) is 1. The maximum absolute atomic E-state index is 11.7. The average Bonchev–Trinajstić information content (AvgIpc) is 3.05. The molecule has 0 aromatic carbocycles. The number of hydrogen-bond acceptors (Lipinski definition) is 4. The number of hydrogen-bond donors (Lipinski definition) is 2. The standard InChI is InChI=1S/C15H23N3OS/c16-15(7-8-15)14(19)17-9-6-13-18-12(10-20-13)11-4-2-1-3-5-11/h10-11H,1-9,16H2,(H,17,19). The van der Waals surface area contributed by atoms with Gasteiger partial charge in [-0.05, 0) is 25.7 Å². The van der Waals surface area contributed by atoms with Gasteiger partial charge >= 0.3 is 0 Å². The van der Waals surface area contributed by atoms with Gasteiger partial charge in [-0.2, -0.15) is 0 Å². The minimum Gasteiger partial charge on any atom is -0.354 e. The van der Waals surface area contributed by atoms with Crippen LogP contribution >= 0.6 is 11.3 Å². The molecule has 0 aliphatic heterocycles. The summed E-state index contributed by atoms with van der Waals surface area (Å²) in [6.07, 6.45) is 9.09. The van der Waals surface area contributed by atoms with Crippen molar-refractivity contribution in [3.8, 4) is 0 Å². The van der Waals surface area contributed by atoms with Crippen molar-refractivity contribution in [3.05, 3.63) is 16.1 Å². The summed E-state index contributed by atoms with van der Waals surface area (Å²) in [5.41, 5.74) is 6.56. The maximum atomic E-state index is 11.7. The highest BCUT2D eigenvalue weighted by Gasteiger charge is 2.45. The van der Waals surface area contributed by atoms with E-state index in [0.29, 0.717) is 12.5 Å². The normalized spacial score (nSPS) is 21.6. The Morgan fingerprint density at radius 1 is 1.40 bits per heavy atom. The first-order valence-corrected chi connectivity index (χ1v) is 8.57. The molecule has 1 aromatic rings. The van der Waals surface area contributed by atoms with Gasteiger partial charge in [0.25, 0.3) is 0 Å². The Morgan fingerprint density at radius 2 is 2.15 bits per heavy atom. The van der Waals surface area contributed by atoms with Crippen LogP contribution in [0.5, 0.6) is 0 Å². The minimum atomic E-state index is -0.559. The van der Waals surface area contributed by atoms with Crippen LogP contribution in [0.15, 0.2) is 5.38 Å². The number of carbonyl (C=O) groups excluding carboxylic acids is 1. The molecular formula is C15H23N3OS. The fraction of sp³-hybridized carbons (Fsp3) is 0.733. The Balaban J connectivity index is 1.46. The minimum absolute atomic E-state index is 0.00144. The molecule has 2 aliphatic rings. The molecule has 2 fully saturated rings. The van der Waals surface area contributed by atoms with Crippen LogP contribution in [0, 0.1) is 0 Å². The van der Waals surface area contributed by atoms with Gasteiger partial charge in [0.05, 0.1) is 16.2 Å². The smallest absolute Gasteiger partial charge is 0.240 e. The highest BCUT2D eigenvalue weighted by Crippen LogP contribution is 2.33. The van der Waals surface area contributed by atoms with Crippen molar-refractivity contribution in [1.29, 1.82) is 0 Å². The maximum Gasteiger partial charge on any atom is 0.240 e. The molecule has 0 saturated heterocycles. The zero-order chi connectivity index (χ0) is 14.0. The van der Waals surface area contributed by atoms with Crippen LogP contribution in [0.4, 0.5) is 0 Å². The van der Waals surface area contributed by atoms with Gasteiger partial charge in [-0.3, -0.25) is 4.79 Å². The molecule has 20 heavy (non-hydrogen) atoms. The molecule has 0 atom stereocenters. The second-order valence-electron chi connectivity index (χ2n) is 6.16. The van der Waals surface area contributed by atoms with E-state index in [0.717, 1.165) is 24.3 Å². The van der Waals surface area contributed by atoms with Gasteiger partial charge in [-0.25, -0.2) is 4.98 Å². The number of aromatic nitrogens is 1. The quantitative estimate of drug-likeness (QED) is 0.875. The van der Waals surface area contributed by atoms with Crippen molar-refractivity contribution < 1.29 is 4.79 Å². The summed E-state index contributed by atoms with van der Waals surface area (Å²) in [6.45, 7) is 0.648. The van der Waals surface area contributed by atoms with Crippen LogP contribution in [0.2, 0.25) is 0 Å². The van der Waals surface area contributed by atoms with E-state index in [1.807, 2.05) is 0 Å². The topological polar surface area (TPSA) is 68.0 Å². The van der Waals surface area contributed by atoms with E-state index in [2.05, 4.69) is 10.7 Å². The van der Waals surface area contributed by atoms with E-state index in [9.17, 15) is 4.79 Å². The number of rotatable bonds is 5. The van der Waals surface area contributed by atoms with Crippen molar-refractivity contribution in [3.63, 3.8) is 0 Å². The first kappa shape index (κ1) is 14.0. The zero-order valence-electron chi connectivity index (χ0n) is 11.9. The van der Waals surface area contributed by atoms with E-state index in [1.165, 1.54) is 37.8 Å². The SMILES string of the molecule is NC1(C(=O)NCCc2nc(C3CCCCC3)cs2)CC1. The Hall–Kier alpha value is -0.940. The molecule has 2 saturated carbocycles. The Kier molecular flexibility index (Phi) is 4.08. The third-order valence-corrected chi connectivity index (χ3v) is 5.39.